The van der Waals surface area contributed by atoms with E-state index < -0.39 is 0 Å². The maximum absolute atomic E-state index is 13.5. The lowest BCUT2D eigenvalue weighted by atomic mass is 9.80. The maximum atomic E-state index is 13.5. The maximum Gasteiger partial charge on any atom is 0.221 e. The van der Waals surface area contributed by atoms with E-state index in [1.54, 1.807) is 13.0 Å². The molecule has 4 nitrogen and oxygen atoms in total. The number of amides is 1. The van der Waals surface area contributed by atoms with Gasteiger partial charge in [-0.15, -0.1) is 0 Å². The van der Waals surface area contributed by atoms with Crippen molar-refractivity contribution in [2.24, 2.45) is 0 Å². The van der Waals surface area contributed by atoms with Crippen LogP contribution in [0.5, 0.6) is 0 Å². The number of nitrogens with one attached hydrogen (secondary N) is 2. The summed E-state index contributed by atoms with van der Waals surface area (Å²) in [5, 5.41) is 4.03. The van der Waals surface area contributed by atoms with Crippen LogP contribution in [0.1, 0.15) is 55.2 Å². The van der Waals surface area contributed by atoms with Crippen molar-refractivity contribution in [3.8, 4) is 0 Å². The highest BCUT2D eigenvalue weighted by Crippen LogP contribution is 2.36. The second kappa shape index (κ2) is 8.91. The van der Waals surface area contributed by atoms with Crippen molar-refractivity contribution in [1.82, 2.24) is 9.88 Å². The second-order valence-corrected chi connectivity index (χ2v) is 9.14. The Labute approximate surface area is 188 Å². The second-order valence-electron chi connectivity index (χ2n) is 9.14. The zero-order chi connectivity index (χ0) is 22.1. The molecule has 2 aromatic carbocycles. The fraction of sp³-hybridized carbons (Fsp3) is 0.370. The number of aromatic amines is 1. The number of halogens is 1. The molecular formula is C27H30FN3O. The summed E-state index contributed by atoms with van der Waals surface area (Å²) in [6.45, 7) is 4.64. The van der Waals surface area contributed by atoms with Crippen LogP contribution in [0.15, 0.2) is 48.7 Å². The predicted molar refractivity (Wildman–Crippen MR) is 128 cm³/mol. The number of aromatic nitrogens is 1. The lowest BCUT2D eigenvalue weighted by molar-refractivity contribution is -0.114. The van der Waals surface area contributed by atoms with Gasteiger partial charge in [0.1, 0.15) is 5.82 Å². The van der Waals surface area contributed by atoms with Gasteiger partial charge in [-0.25, -0.2) is 4.39 Å². The van der Waals surface area contributed by atoms with Gasteiger partial charge in [-0.1, -0.05) is 12.1 Å². The molecule has 3 aromatic rings. The zero-order valence-electron chi connectivity index (χ0n) is 18.6. The fourth-order valence-corrected chi connectivity index (χ4v) is 5.34. The first-order chi connectivity index (χ1) is 15.6. The van der Waals surface area contributed by atoms with Crippen LogP contribution < -0.4 is 5.32 Å². The summed E-state index contributed by atoms with van der Waals surface area (Å²) in [6.07, 6.45) is 10.1. The van der Waals surface area contributed by atoms with Gasteiger partial charge in [0.25, 0.3) is 0 Å². The van der Waals surface area contributed by atoms with E-state index in [9.17, 15) is 9.18 Å². The molecule has 1 aliphatic carbocycles. The number of H-pyrrole nitrogens is 1. The monoisotopic (exact) mass is 431 g/mol. The highest BCUT2D eigenvalue weighted by Gasteiger charge is 2.22. The number of carbonyl (C=O) groups excluding carboxylic acids is 1. The number of anilines is 1. The van der Waals surface area contributed by atoms with E-state index in [0.717, 1.165) is 55.5 Å². The Hall–Kier alpha value is -2.92. The average molecular weight is 432 g/mol. The van der Waals surface area contributed by atoms with E-state index in [1.807, 2.05) is 18.3 Å². The van der Waals surface area contributed by atoms with E-state index in [1.165, 1.54) is 41.2 Å². The number of hydrogen-bond donors (Lipinski definition) is 2. The van der Waals surface area contributed by atoms with Crippen LogP contribution in [0.25, 0.3) is 16.5 Å². The highest BCUT2D eigenvalue weighted by molar-refractivity contribution is 5.92. The van der Waals surface area contributed by atoms with Gasteiger partial charge in [0.05, 0.1) is 0 Å². The molecule has 0 spiro atoms. The predicted octanol–water partition coefficient (Wildman–Crippen LogP) is 5.86. The van der Waals surface area contributed by atoms with Crippen LogP contribution in [-0.2, 0) is 11.2 Å². The molecule has 1 aliphatic heterocycles. The van der Waals surface area contributed by atoms with Crippen LogP contribution in [0, 0.1) is 5.82 Å². The van der Waals surface area contributed by atoms with E-state index in [-0.39, 0.29) is 11.7 Å². The van der Waals surface area contributed by atoms with Gasteiger partial charge >= 0.3 is 0 Å². The first-order valence-corrected chi connectivity index (χ1v) is 11.7. The van der Waals surface area contributed by atoms with Gasteiger partial charge in [-0.3, -0.25) is 9.69 Å². The van der Waals surface area contributed by atoms with Crippen molar-refractivity contribution in [3.63, 3.8) is 0 Å². The summed E-state index contributed by atoms with van der Waals surface area (Å²) in [5.74, 6) is 0.332. The van der Waals surface area contributed by atoms with Gasteiger partial charge in [0, 0.05) is 48.4 Å². The first kappa shape index (κ1) is 21.0. The minimum absolute atomic E-state index is 0.0199. The molecule has 2 heterocycles. The van der Waals surface area contributed by atoms with Gasteiger partial charge in [-0.05, 0) is 91.6 Å². The Morgan fingerprint density at radius 3 is 2.94 bits per heavy atom. The van der Waals surface area contributed by atoms with Crippen molar-refractivity contribution in [2.75, 3.05) is 25.0 Å². The van der Waals surface area contributed by atoms with Crippen molar-refractivity contribution in [2.45, 2.75) is 44.9 Å². The summed E-state index contributed by atoms with van der Waals surface area (Å²) in [5.41, 5.74) is 7.17. The molecule has 2 aliphatic rings. The molecule has 5 rings (SSSR count). The van der Waals surface area contributed by atoms with Crippen molar-refractivity contribution >= 4 is 28.1 Å². The molecule has 0 saturated carbocycles. The summed E-state index contributed by atoms with van der Waals surface area (Å²) in [4.78, 5) is 17.2. The molecule has 0 bridgehead atoms. The standard InChI is InChI=1S/C27H30FN3O/c1-18(32)30-23-7-5-19-3-2-4-20(25(19)16-23)9-12-31-13-10-21(11-14-31)26-17-29-27-15-22(28)6-8-24(26)27/h5-8,10,15-17,20,29H,2-4,9,11-14H2,1H3,(H,30,32). The molecule has 2 N–H and O–H groups in total. The number of fused-ring (bicyclic) bond motifs is 2. The van der Waals surface area contributed by atoms with Crippen LogP contribution >= 0.6 is 0 Å². The molecule has 0 fully saturated rings. The Kier molecular flexibility index (Phi) is 5.83. The van der Waals surface area contributed by atoms with E-state index in [4.69, 9.17) is 0 Å². The van der Waals surface area contributed by atoms with Crippen molar-refractivity contribution < 1.29 is 9.18 Å². The molecule has 5 heteroatoms. The quantitative estimate of drug-likeness (QED) is 0.531. The van der Waals surface area contributed by atoms with Crippen molar-refractivity contribution in [1.29, 1.82) is 0 Å². The minimum Gasteiger partial charge on any atom is -0.360 e. The molecule has 1 unspecified atom stereocenters. The number of aryl methyl sites for hydroxylation is 1. The lowest BCUT2D eigenvalue weighted by Gasteiger charge is -2.31. The van der Waals surface area contributed by atoms with Crippen LogP contribution in [0.2, 0.25) is 0 Å². The van der Waals surface area contributed by atoms with Crippen molar-refractivity contribution in [3.05, 3.63) is 71.2 Å². The number of rotatable bonds is 5. The molecule has 166 valence electrons. The SMILES string of the molecule is CC(=O)Nc1ccc2c(c1)C(CCN1CC=C(c3c[nH]c4cc(F)ccc34)CC1)CCC2. The van der Waals surface area contributed by atoms with E-state index >= 15 is 0 Å². The average Bonchev–Trinajstić information content (AvgIpc) is 3.20. The molecule has 1 amide bonds. The largest absolute Gasteiger partial charge is 0.360 e. The molecular weight excluding hydrogens is 401 g/mol. The molecule has 1 atom stereocenters. The Balaban J connectivity index is 1.24. The molecule has 1 aromatic heterocycles. The third kappa shape index (κ3) is 4.35. The van der Waals surface area contributed by atoms with Crippen LogP contribution in [0.3, 0.4) is 0 Å². The summed E-state index contributed by atoms with van der Waals surface area (Å²) in [6, 6.07) is 11.4. The van der Waals surface area contributed by atoms with E-state index in [0.29, 0.717) is 5.92 Å². The Bertz CT molecular complexity index is 1180. The third-order valence-electron chi connectivity index (χ3n) is 6.98. The lowest BCUT2D eigenvalue weighted by Crippen LogP contribution is -2.30. The smallest absolute Gasteiger partial charge is 0.221 e. The van der Waals surface area contributed by atoms with E-state index in [2.05, 4.69) is 33.4 Å². The molecule has 0 saturated heterocycles. The Morgan fingerprint density at radius 2 is 2.12 bits per heavy atom. The normalized spacial score (nSPS) is 18.9. The summed E-state index contributed by atoms with van der Waals surface area (Å²) in [7, 11) is 0. The number of carbonyl (C=O) groups is 1. The number of hydrogen-bond acceptors (Lipinski definition) is 2. The van der Waals surface area contributed by atoms with Gasteiger partial charge < -0.3 is 10.3 Å². The fourth-order valence-electron chi connectivity index (χ4n) is 5.34. The zero-order valence-corrected chi connectivity index (χ0v) is 18.6. The highest BCUT2D eigenvalue weighted by atomic mass is 19.1. The van der Waals surface area contributed by atoms with Gasteiger partial charge in [-0.2, -0.15) is 0 Å². The van der Waals surface area contributed by atoms with Gasteiger partial charge in [0.15, 0.2) is 0 Å². The van der Waals surface area contributed by atoms with Gasteiger partial charge in [0.2, 0.25) is 5.91 Å². The summed E-state index contributed by atoms with van der Waals surface area (Å²) >= 11 is 0. The Morgan fingerprint density at radius 1 is 1.22 bits per heavy atom. The van der Waals surface area contributed by atoms with Crippen LogP contribution in [0.4, 0.5) is 10.1 Å². The topological polar surface area (TPSA) is 48.1 Å². The minimum atomic E-state index is -0.205. The number of nitrogens with zero attached hydrogens (tertiary/aromatic N) is 1. The summed E-state index contributed by atoms with van der Waals surface area (Å²) < 4.78 is 13.5. The molecule has 0 radical (unpaired) electrons. The number of benzene rings is 2. The van der Waals surface area contributed by atoms with Crippen LogP contribution in [-0.4, -0.2) is 35.4 Å². The third-order valence-corrected chi connectivity index (χ3v) is 6.98. The molecule has 32 heavy (non-hydrogen) atoms. The first-order valence-electron chi connectivity index (χ1n) is 11.7.